The van der Waals surface area contributed by atoms with Crippen LogP contribution < -0.4 is 4.74 Å². The van der Waals surface area contributed by atoms with Crippen molar-refractivity contribution in [2.75, 3.05) is 47.4 Å². The Labute approximate surface area is 243 Å². The molecule has 2 atom stereocenters. The van der Waals surface area contributed by atoms with Crippen molar-refractivity contribution in [1.29, 1.82) is 0 Å². The minimum atomic E-state index is -4.71. The first-order valence-corrected chi connectivity index (χ1v) is 13.8. The number of piperazine rings is 1. The monoisotopic (exact) mass is 580 g/mol. The highest BCUT2D eigenvalue weighted by atomic mass is 19.4. The molecule has 3 heterocycles. The Morgan fingerprint density at radius 1 is 1.10 bits per heavy atom. The summed E-state index contributed by atoms with van der Waals surface area (Å²) in [5.41, 5.74) is 0.722. The van der Waals surface area contributed by atoms with Crippen LogP contribution in [0.5, 0.6) is 5.75 Å². The van der Waals surface area contributed by atoms with Gasteiger partial charge < -0.3 is 14.5 Å². The molecule has 1 aliphatic heterocycles. The Bertz CT molecular complexity index is 1550. The zero-order valence-electron chi connectivity index (χ0n) is 24.4. The topological polar surface area (TPSA) is 66.2 Å². The predicted molar refractivity (Wildman–Crippen MR) is 155 cm³/mol. The third-order valence-corrected chi connectivity index (χ3v) is 7.83. The summed E-state index contributed by atoms with van der Waals surface area (Å²) < 4.78 is 49.0. The first-order valence-electron chi connectivity index (χ1n) is 13.8. The van der Waals surface area contributed by atoms with Gasteiger partial charge in [0.15, 0.2) is 11.3 Å². The Hall–Kier alpha value is -3.96. The molecule has 5 rings (SSSR count). The molecule has 1 fully saturated rings. The van der Waals surface area contributed by atoms with Crippen LogP contribution >= 0.6 is 0 Å². The largest absolute Gasteiger partial charge is 0.497 e. The fourth-order valence-corrected chi connectivity index (χ4v) is 5.77. The van der Waals surface area contributed by atoms with E-state index in [0.717, 1.165) is 11.1 Å². The van der Waals surface area contributed by atoms with Gasteiger partial charge >= 0.3 is 6.18 Å². The number of rotatable bonds is 7. The smallest absolute Gasteiger partial charge is 0.433 e. The van der Waals surface area contributed by atoms with Crippen molar-refractivity contribution in [2.45, 2.75) is 32.1 Å². The van der Waals surface area contributed by atoms with Gasteiger partial charge in [0, 0.05) is 49.4 Å². The van der Waals surface area contributed by atoms with Crippen molar-refractivity contribution in [1.82, 2.24) is 29.3 Å². The lowest BCUT2D eigenvalue weighted by Crippen LogP contribution is -2.55. The number of amides is 1. The van der Waals surface area contributed by atoms with E-state index in [9.17, 15) is 18.0 Å². The van der Waals surface area contributed by atoms with Gasteiger partial charge in [0.2, 0.25) is 0 Å². The third kappa shape index (κ3) is 5.71. The molecule has 1 saturated heterocycles. The SMILES string of the molecule is COc1ccc(-c2nc3c(C(=O)N4CCN(C(CN(C)C)c5ccccc5)C[C@H]4C)cnn3c(C(F)(F)F)c2C)cc1. The molecule has 42 heavy (non-hydrogen) atoms. The summed E-state index contributed by atoms with van der Waals surface area (Å²) in [4.78, 5) is 24.7. The molecule has 0 aliphatic carbocycles. The van der Waals surface area contributed by atoms with Gasteiger partial charge in [-0.2, -0.15) is 18.3 Å². The van der Waals surface area contributed by atoms with Crippen LogP contribution in [0.2, 0.25) is 0 Å². The summed E-state index contributed by atoms with van der Waals surface area (Å²) in [5.74, 6) is 0.188. The van der Waals surface area contributed by atoms with Gasteiger partial charge in [-0.05, 0) is 57.8 Å². The fourth-order valence-electron chi connectivity index (χ4n) is 5.77. The number of ether oxygens (including phenoxy) is 1. The van der Waals surface area contributed by atoms with Crippen LogP contribution in [0, 0.1) is 6.92 Å². The number of halogens is 3. The number of hydrogen-bond donors (Lipinski definition) is 0. The van der Waals surface area contributed by atoms with Crippen molar-refractivity contribution >= 4 is 11.6 Å². The molecule has 0 saturated carbocycles. The average molecular weight is 581 g/mol. The molecule has 0 bridgehead atoms. The van der Waals surface area contributed by atoms with Crippen molar-refractivity contribution in [3.8, 4) is 17.0 Å². The first-order chi connectivity index (χ1) is 20.0. The lowest BCUT2D eigenvalue weighted by molar-refractivity contribution is -0.143. The normalized spacial score (nSPS) is 17.2. The van der Waals surface area contributed by atoms with Gasteiger partial charge in [0.1, 0.15) is 11.3 Å². The average Bonchev–Trinajstić information content (AvgIpc) is 3.38. The van der Waals surface area contributed by atoms with Crippen LogP contribution in [-0.4, -0.2) is 88.6 Å². The van der Waals surface area contributed by atoms with Crippen molar-refractivity contribution < 1.29 is 22.7 Å². The van der Waals surface area contributed by atoms with E-state index in [2.05, 4.69) is 32.0 Å². The summed E-state index contributed by atoms with van der Waals surface area (Å²) in [6.45, 7) is 5.83. The van der Waals surface area contributed by atoms with Gasteiger partial charge in [-0.1, -0.05) is 30.3 Å². The Morgan fingerprint density at radius 3 is 2.38 bits per heavy atom. The molecule has 4 aromatic rings. The maximum absolute atomic E-state index is 14.4. The summed E-state index contributed by atoms with van der Waals surface area (Å²) in [5, 5.41) is 4.02. The molecule has 0 radical (unpaired) electrons. The van der Waals surface area contributed by atoms with Gasteiger partial charge in [-0.15, -0.1) is 0 Å². The second kappa shape index (κ2) is 11.7. The number of carbonyl (C=O) groups excluding carboxylic acids is 1. The van der Waals surface area contributed by atoms with Crippen LogP contribution in [0.15, 0.2) is 60.8 Å². The number of methoxy groups -OCH3 is 1. The summed E-state index contributed by atoms with van der Waals surface area (Å²) in [6, 6.07) is 16.9. The molecule has 1 unspecified atom stereocenters. The highest BCUT2D eigenvalue weighted by molar-refractivity contribution is 6.00. The molecule has 1 amide bonds. The van der Waals surface area contributed by atoms with E-state index in [1.54, 1.807) is 29.2 Å². The number of alkyl halides is 3. The quantitative estimate of drug-likeness (QED) is 0.300. The number of nitrogens with zero attached hydrogens (tertiary/aromatic N) is 6. The molecule has 11 heteroatoms. The molecule has 222 valence electrons. The maximum Gasteiger partial charge on any atom is 0.433 e. The van der Waals surface area contributed by atoms with Crippen LogP contribution in [-0.2, 0) is 6.18 Å². The number of fused-ring (bicyclic) bond motifs is 1. The zero-order valence-corrected chi connectivity index (χ0v) is 24.4. The van der Waals surface area contributed by atoms with E-state index in [1.165, 1.54) is 25.8 Å². The molecular weight excluding hydrogens is 545 g/mol. The van der Waals surface area contributed by atoms with Crippen LogP contribution in [0.1, 0.15) is 40.1 Å². The van der Waals surface area contributed by atoms with Gasteiger partial charge in [0.25, 0.3) is 5.91 Å². The number of aromatic nitrogens is 3. The fraction of sp³-hybridized carbons (Fsp3) is 0.387. The lowest BCUT2D eigenvalue weighted by atomic mass is 10.0. The van der Waals surface area contributed by atoms with Crippen LogP contribution in [0.3, 0.4) is 0 Å². The molecule has 2 aromatic heterocycles. The number of benzene rings is 2. The molecule has 8 nitrogen and oxygen atoms in total. The highest BCUT2D eigenvalue weighted by Gasteiger charge is 2.40. The number of carbonyl (C=O) groups is 1. The Balaban J connectivity index is 1.48. The van der Waals surface area contributed by atoms with E-state index in [0.29, 0.717) is 30.9 Å². The number of hydrogen-bond acceptors (Lipinski definition) is 6. The van der Waals surface area contributed by atoms with Crippen molar-refractivity contribution in [3.63, 3.8) is 0 Å². The molecule has 2 aromatic carbocycles. The van der Waals surface area contributed by atoms with Gasteiger partial charge in [-0.25, -0.2) is 9.50 Å². The number of likely N-dealkylation sites (N-methyl/N-ethyl adjacent to an activating group) is 1. The first kappa shape index (κ1) is 29.5. The zero-order chi connectivity index (χ0) is 30.2. The summed E-state index contributed by atoms with van der Waals surface area (Å²) >= 11 is 0. The van der Waals surface area contributed by atoms with Gasteiger partial charge in [-0.3, -0.25) is 9.69 Å². The molecule has 1 aliphatic rings. The van der Waals surface area contributed by atoms with Crippen molar-refractivity contribution in [2.24, 2.45) is 0 Å². The predicted octanol–water partition coefficient (Wildman–Crippen LogP) is 5.18. The second-order valence-corrected chi connectivity index (χ2v) is 11.0. The Kier molecular flexibility index (Phi) is 8.25. The van der Waals surface area contributed by atoms with Gasteiger partial charge in [0.05, 0.1) is 19.0 Å². The van der Waals surface area contributed by atoms with E-state index < -0.39 is 11.9 Å². The minimum Gasteiger partial charge on any atom is -0.497 e. The summed E-state index contributed by atoms with van der Waals surface area (Å²) in [6.07, 6.45) is -3.51. The van der Waals surface area contributed by atoms with E-state index >= 15 is 0 Å². The standard InChI is InChI=1S/C31H35F3N6O2/c1-20-18-38(26(19-37(3)4)22-9-7-6-8-10-22)15-16-39(20)30(41)25-17-35-40-28(31(32,33)34)21(2)27(36-29(25)40)23-11-13-24(42-5)14-12-23/h6-14,17,20,26H,15-16,18-19H2,1-5H3/t20-,26?/m1/s1. The minimum absolute atomic E-state index is 0.0449. The Morgan fingerprint density at radius 2 is 1.79 bits per heavy atom. The summed E-state index contributed by atoms with van der Waals surface area (Å²) in [7, 11) is 5.59. The highest BCUT2D eigenvalue weighted by Crippen LogP contribution is 2.37. The third-order valence-electron chi connectivity index (χ3n) is 7.83. The van der Waals surface area contributed by atoms with E-state index in [-0.39, 0.29) is 40.5 Å². The van der Waals surface area contributed by atoms with E-state index in [1.807, 2.05) is 39.2 Å². The maximum atomic E-state index is 14.4. The van der Waals surface area contributed by atoms with Crippen LogP contribution in [0.25, 0.3) is 16.9 Å². The molecule has 0 spiro atoms. The van der Waals surface area contributed by atoms with Crippen LogP contribution in [0.4, 0.5) is 13.2 Å². The molecule has 0 N–H and O–H groups in total. The lowest BCUT2D eigenvalue weighted by Gasteiger charge is -2.44. The molecular formula is C31H35F3N6O2. The van der Waals surface area contributed by atoms with E-state index in [4.69, 9.17) is 4.74 Å². The van der Waals surface area contributed by atoms with Crippen molar-refractivity contribution in [3.05, 3.63) is 83.2 Å². The second-order valence-electron chi connectivity index (χ2n) is 11.0.